The lowest BCUT2D eigenvalue weighted by Crippen LogP contribution is -2.15. The Balaban J connectivity index is 1.77. The lowest BCUT2D eigenvalue weighted by Gasteiger charge is -2.16. The minimum absolute atomic E-state index is 0.519. The molecule has 0 unspecified atom stereocenters. The minimum Gasteiger partial charge on any atom is -0.497 e. The summed E-state index contributed by atoms with van der Waals surface area (Å²) in [6.45, 7) is 1.02. The van der Waals surface area contributed by atoms with Crippen LogP contribution in [0.25, 0.3) is 11.0 Å². The molecule has 2 aromatic rings. The molecule has 1 aromatic carbocycles. The van der Waals surface area contributed by atoms with Crippen LogP contribution in [0.1, 0.15) is 25.7 Å². The normalized spacial score (nSPS) is 20.7. The predicted octanol–water partition coefficient (Wildman–Crippen LogP) is 2.82. The molecule has 0 bridgehead atoms. The number of anilines is 1. The Morgan fingerprint density at radius 3 is 2.84 bits per heavy atom. The van der Waals surface area contributed by atoms with E-state index in [1.54, 1.807) is 7.11 Å². The maximum atomic E-state index is 6.11. The molecular weight excluding hydrogens is 238 g/mol. The molecule has 4 heteroatoms. The molecule has 2 fully saturated rings. The smallest absolute Gasteiger partial charge is 0.201 e. The van der Waals surface area contributed by atoms with Gasteiger partial charge < -0.3 is 15.0 Å². The van der Waals surface area contributed by atoms with E-state index in [-0.39, 0.29) is 0 Å². The first kappa shape index (κ1) is 11.1. The fourth-order valence-corrected chi connectivity index (χ4v) is 3.28. The van der Waals surface area contributed by atoms with E-state index in [2.05, 4.69) is 9.55 Å². The SMILES string of the molecule is COc1ccc2nc(N)n(CC3(C4CC4)CC3)c2c1. The number of hydrogen-bond donors (Lipinski definition) is 1. The summed E-state index contributed by atoms with van der Waals surface area (Å²) in [6, 6.07) is 5.96. The lowest BCUT2D eigenvalue weighted by atomic mass is 10.0. The van der Waals surface area contributed by atoms with E-state index < -0.39 is 0 Å². The van der Waals surface area contributed by atoms with Crippen LogP contribution < -0.4 is 10.5 Å². The van der Waals surface area contributed by atoms with Gasteiger partial charge in [0.2, 0.25) is 5.95 Å². The number of benzene rings is 1. The average Bonchev–Trinajstić information content (AvgIpc) is 3.29. The number of nitrogen functional groups attached to an aromatic ring is 1. The van der Waals surface area contributed by atoms with Crippen molar-refractivity contribution >= 4 is 17.0 Å². The van der Waals surface area contributed by atoms with Gasteiger partial charge in [0.05, 0.1) is 18.1 Å². The zero-order valence-corrected chi connectivity index (χ0v) is 11.2. The molecule has 2 N–H and O–H groups in total. The highest BCUT2D eigenvalue weighted by molar-refractivity contribution is 5.80. The van der Waals surface area contributed by atoms with Gasteiger partial charge in [-0.25, -0.2) is 4.98 Å². The highest BCUT2D eigenvalue weighted by Gasteiger charge is 2.54. The van der Waals surface area contributed by atoms with Crippen LogP contribution >= 0.6 is 0 Å². The Kier molecular flexibility index (Phi) is 2.14. The predicted molar refractivity (Wildman–Crippen MR) is 75.1 cm³/mol. The fourth-order valence-electron chi connectivity index (χ4n) is 3.28. The Labute approximate surface area is 112 Å². The lowest BCUT2D eigenvalue weighted by molar-refractivity contribution is 0.377. The quantitative estimate of drug-likeness (QED) is 0.916. The average molecular weight is 257 g/mol. The zero-order valence-electron chi connectivity index (χ0n) is 11.2. The van der Waals surface area contributed by atoms with Crippen LogP contribution in [0, 0.1) is 11.3 Å². The summed E-state index contributed by atoms with van der Waals surface area (Å²) in [6.07, 6.45) is 5.49. The number of fused-ring (bicyclic) bond motifs is 1. The second-order valence-electron chi connectivity index (χ2n) is 6.05. The molecule has 4 rings (SSSR count). The Morgan fingerprint density at radius 2 is 2.21 bits per heavy atom. The van der Waals surface area contributed by atoms with Gasteiger partial charge in [-0.2, -0.15) is 0 Å². The summed E-state index contributed by atoms with van der Waals surface area (Å²) in [7, 11) is 1.69. The van der Waals surface area contributed by atoms with Crippen molar-refractivity contribution in [2.45, 2.75) is 32.2 Å². The topological polar surface area (TPSA) is 53.1 Å². The van der Waals surface area contributed by atoms with Gasteiger partial charge in [-0.05, 0) is 49.1 Å². The minimum atomic E-state index is 0.519. The van der Waals surface area contributed by atoms with E-state index in [0.717, 1.165) is 29.2 Å². The maximum Gasteiger partial charge on any atom is 0.201 e. The number of methoxy groups -OCH3 is 1. The molecule has 1 aromatic heterocycles. The van der Waals surface area contributed by atoms with E-state index in [9.17, 15) is 0 Å². The third-order valence-corrected chi connectivity index (χ3v) is 4.79. The second-order valence-corrected chi connectivity index (χ2v) is 6.05. The molecule has 0 atom stereocenters. The number of nitrogens with two attached hydrogens (primary N) is 1. The number of aromatic nitrogens is 2. The van der Waals surface area contributed by atoms with Crippen LogP contribution in [-0.2, 0) is 6.54 Å². The Bertz CT molecular complexity index is 638. The number of hydrogen-bond acceptors (Lipinski definition) is 3. The highest BCUT2D eigenvalue weighted by atomic mass is 16.5. The van der Waals surface area contributed by atoms with E-state index in [1.165, 1.54) is 25.7 Å². The molecule has 2 saturated carbocycles. The van der Waals surface area contributed by atoms with Crippen LogP contribution in [0.15, 0.2) is 18.2 Å². The largest absolute Gasteiger partial charge is 0.497 e. The highest BCUT2D eigenvalue weighted by Crippen LogP contribution is 2.62. The van der Waals surface area contributed by atoms with Gasteiger partial charge in [0, 0.05) is 12.6 Å². The summed E-state index contributed by atoms with van der Waals surface area (Å²) in [4.78, 5) is 4.47. The van der Waals surface area contributed by atoms with Crippen molar-refractivity contribution in [1.29, 1.82) is 0 Å². The van der Waals surface area contributed by atoms with Gasteiger partial charge >= 0.3 is 0 Å². The number of ether oxygens (including phenoxy) is 1. The molecule has 4 nitrogen and oxygen atoms in total. The monoisotopic (exact) mass is 257 g/mol. The van der Waals surface area contributed by atoms with Crippen LogP contribution in [0.4, 0.5) is 5.95 Å². The van der Waals surface area contributed by atoms with Gasteiger partial charge in [-0.3, -0.25) is 0 Å². The third kappa shape index (κ3) is 1.70. The fraction of sp³-hybridized carbons (Fsp3) is 0.533. The van der Waals surface area contributed by atoms with Crippen molar-refractivity contribution in [3.8, 4) is 5.75 Å². The molecule has 0 amide bonds. The summed E-state index contributed by atoms with van der Waals surface area (Å²) in [5.41, 5.74) is 8.69. The first-order valence-corrected chi connectivity index (χ1v) is 7.02. The zero-order chi connectivity index (χ0) is 13.0. The van der Waals surface area contributed by atoms with Crippen molar-refractivity contribution in [2.75, 3.05) is 12.8 Å². The van der Waals surface area contributed by atoms with Gasteiger partial charge in [0.1, 0.15) is 5.75 Å². The van der Waals surface area contributed by atoms with Gasteiger partial charge in [-0.15, -0.1) is 0 Å². The van der Waals surface area contributed by atoms with E-state index >= 15 is 0 Å². The van der Waals surface area contributed by atoms with Gasteiger partial charge in [-0.1, -0.05) is 0 Å². The Morgan fingerprint density at radius 1 is 1.42 bits per heavy atom. The van der Waals surface area contributed by atoms with Crippen LogP contribution in [0.3, 0.4) is 0 Å². The summed E-state index contributed by atoms with van der Waals surface area (Å²) in [5, 5.41) is 0. The molecule has 0 aliphatic heterocycles. The standard InChI is InChI=1S/C15H19N3O/c1-19-11-4-5-12-13(8-11)18(14(16)17-12)9-15(6-7-15)10-2-3-10/h4-5,8,10H,2-3,6-7,9H2,1H3,(H2,16,17). The van der Waals surface area contributed by atoms with Crippen LogP contribution in [0.5, 0.6) is 5.75 Å². The molecule has 0 radical (unpaired) electrons. The van der Waals surface area contributed by atoms with E-state index in [0.29, 0.717) is 11.4 Å². The molecule has 0 spiro atoms. The van der Waals surface area contributed by atoms with Crippen molar-refractivity contribution in [3.63, 3.8) is 0 Å². The molecule has 2 aliphatic rings. The molecule has 0 saturated heterocycles. The van der Waals surface area contributed by atoms with Gasteiger partial charge in [0.25, 0.3) is 0 Å². The first-order chi connectivity index (χ1) is 9.22. The maximum absolute atomic E-state index is 6.11. The summed E-state index contributed by atoms with van der Waals surface area (Å²) < 4.78 is 7.49. The number of imidazole rings is 1. The number of rotatable bonds is 4. The van der Waals surface area contributed by atoms with Gasteiger partial charge in [0.15, 0.2) is 0 Å². The Hall–Kier alpha value is -1.71. The van der Waals surface area contributed by atoms with Crippen LogP contribution in [0.2, 0.25) is 0 Å². The first-order valence-electron chi connectivity index (χ1n) is 7.02. The molecule has 2 aliphatic carbocycles. The van der Waals surface area contributed by atoms with Crippen molar-refractivity contribution in [2.24, 2.45) is 11.3 Å². The number of nitrogens with zero attached hydrogens (tertiary/aromatic N) is 2. The molecule has 1 heterocycles. The van der Waals surface area contributed by atoms with Crippen molar-refractivity contribution < 1.29 is 4.74 Å². The van der Waals surface area contributed by atoms with E-state index in [4.69, 9.17) is 10.5 Å². The summed E-state index contributed by atoms with van der Waals surface area (Å²) >= 11 is 0. The van der Waals surface area contributed by atoms with Crippen molar-refractivity contribution in [3.05, 3.63) is 18.2 Å². The third-order valence-electron chi connectivity index (χ3n) is 4.79. The summed E-state index contributed by atoms with van der Waals surface area (Å²) in [5.74, 6) is 2.43. The van der Waals surface area contributed by atoms with Crippen molar-refractivity contribution in [1.82, 2.24) is 9.55 Å². The van der Waals surface area contributed by atoms with E-state index in [1.807, 2.05) is 18.2 Å². The molecule has 100 valence electrons. The molecule has 19 heavy (non-hydrogen) atoms. The second kappa shape index (κ2) is 3.65. The molecular formula is C15H19N3O. The van der Waals surface area contributed by atoms with Crippen LogP contribution in [-0.4, -0.2) is 16.7 Å².